The van der Waals surface area contributed by atoms with E-state index in [0.29, 0.717) is 13.2 Å². The molecule has 0 amide bonds. The van der Waals surface area contributed by atoms with E-state index >= 15 is 0 Å². The van der Waals surface area contributed by atoms with E-state index < -0.39 is 0 Å². The van der Waals surface area contributed by atoms with Crippen LogP contribution in [0.15, 0.2) is 53.5 Å². The summed E-state index contributed by atoms with van der Waals surface area (Å²) in [4.78, 5) is 4.32. The van der Waals surface area contributed by atoms with Crippen molar-refractivity contribution in [3.8, 4) is 5.75 Å². The number of hydrogen-bond donors (Lipinski definition) is 2. The first kappa shape index (κ1) is 19.2. The summed E-state index contributed by atoms with van der Waals surface area (Å²) < 4.78 is 11.6. The van der Waals surface area contributed by atoms with Gasteiger partial charge in [0.2, 0.25) is 0 Å². The van der Waals surface area contributed by atoms with Crippen LogP contribution in [0, 0.1) is 6.92 Å². The minimum Gasteiger partial charge on any atom is -0.488 e. The van der Waals surface area contributed by atoms with E-state index in [4.69, 9.17) is 9.47 Å². The van der Waals surface area contributed by atoms with Gasteiger partial charge in [0.1, 0.15) is 11.9 Å². The Hall–Kier alpha value is -2.53. The Morgan fingerprint density at radius 2 is 2.04 bits per heavy atom. The lowest BCUT2D eigenvalue weighted by molar-refractivity contribution is 0.140. The Morgan fingerprint density at radius 3 is 2.78 bits per heavy atom. The minimum atomic E-state index is 0.147. The van der Waals surface area contributed by atoms with Crippen LogP contribution in [0.2, 0.25) is 0 Å². The van der Waals surface area contributed by atoms with Crippen molar-refractivity contribution in [3.05, 3.63) is 65.2 Å². The largest absolute Gasteiger partial charge is 0.488 e. The number of guanidine groups is 1. The predicted molar refractivity (Wildman–Crippen MR) is 109 cm³/mol. The van der Waals surface area contributed by atoms with Crippen LogP contribution in [0.4, 0.5) is 0 Å². The van der Waals surface area contributed by atoms with Crippen molar-refractivity contribution >= 4 is 5.96 Å². The molecule has 0 bridgehead atoms. The average molecular weight is 367 g/mol. The zero-order valence-electron chi connectivity index (χ0n) is 16.2. The summed E-state index contributed by atoms with van der Waals surface area (Å²) in [6, 6.07) is 16.8. The van der Waals surface area contributed by atoms with Crippen LogP contribution < -0.4 is 15.4 Å². The monoisotopic (exact) mass is 367 g/mol. The van der Waals surface area contributed by atoms with Gasteiger partial charge in [-0.05, 0) is 30.5 Å². The number of benzene rings is 2. The first-order valence-corrected chi connectivity index (χ1v) is 9.57. The summed E-state index contributed by atoms with van der Waals surface area (Å²) in [7, 11) is 1.79. The number of nitrogens with zero attached hydrogens (tertiary/aromatic N) is 1. The molecule has 0 aromatic heterocycles. The van der Waals surface area contributed by atoms with Crippen molar-refractivity contribution in [1.29, 1.82) is 0 Å². The van der Waals surface area contributed by atoms with Gasteiger partial charge in [-0.25, -0.2) is 0 Å². The van der Waals surface area contributed by atoms with E-state index in [1.165, 1.54) is 11.1 Å². The Bertz CT molecular complexity index is 740. The molecule has 144 valence electrons. The highest BCUT2D eigenvalue weighted by atomic mass is 16.5. The number of ether oxygens (including phenoxy) is 2. The molecule has 1 aliphatic rings. The van der Waals surface area contributed by atoms with Crippen LogP contribution in [0.5, 0.6) is 5.75 Å². The van der Waals surface area contributed by atoms with Crippen LogP contribution >= 0.6 is 0 Å². The number of nitrogens with one attached hydrogen (secondary N) is 2. The molecule has 0 spiro atoms. The molecule has 1 atom stereocenters. The van der Waals surface area contributed by atoms with Gasteiger partial charge in [-0.1, -0.05) is 42.5 Å². The minimum absolute atomic E-state index is 0.147. The third kappa shape index (κ3) is 6.00. The number of rotatable bonds is 7. The number of aryl methyl sites for hydroxylation is 1. The molecular weight excluding hydrogens is 338 g/mol. The molecular formula is C22H29N3O2. The maximum Gasteiger partial charge on any atom is 0.191 e. The summed E-state index contributed by atoms with van der Waals surface area (Å²) in [5.74, 6) is 1.72. The summed E-state index contributed by atoms with van der Waals surface area (Å²) in [5, 5.41) is 6.75. The molecule has 1 saturated heterocycles. The first-order chi connectivity index (χ1) is 13.2. The van der Waals surface area contributed by atoms with Crippen molar-refractivity contribution in [2.75, 3.05) is 26.8 Å². The topological polar surface area (TPSA) is 54.9 Å². The molecule has 1 unspecified atom stereocenters. The average Bonchev–Trinajstić information content (AvgIpc) is 3.19. The molecule has 3 rings (SSSR count). The number of hydrogen-bond acceptors (Lipinski definition) is 3. The predicted octanol–water partition coefficient (Wildman–Crippen LogP) is 3.07. The van der Waals surface area contributed by atoms with E-state index in [1.54, 1.807) is 7.05 Å². The van der Waals surface area contributed by atoms with Crippen LogP contribution in [0.1, 0.15) is 23.1 Å². The Morgan fingerprint density at radius 1 is 1.19 bits per heavy atom. The Kier molecular flexibility index (Phi) is 7.11. The fourth-order valence-corrected chi connectivity index (χ4v) is 3.07. The molecule has 2 N–H and O–H groups in total. The zero-order chi connectivity index (χ0) is 18.9. The third-order valence-electron chi connectivity index (χ3n) is 4.62. The molecule has 1 heterocycles. The molecule has 0 radical (unpaired) electrons. The van der Waals surface area contributed by atoms with Gasteiger partial charge in [-0.3, -0.25) is 4.99 Å². The van der Waals surface area contributed by atoms with Gasteiger partial charge in [0.25, 0.3) is 0 Å². The second-order valence-electron chi connectivity index (χ2n) is 6.80. The molecule has 2 aromatic carbocycles. The maximum absolute atomic E-state index is 6.17. The van der Waals surface area contributed by atoms with E-state index in [2.05, 4.69) is 65.0 Å². The summed E-state index contributed by atoms with van der Waals surface area (Å²) in [6.07, 6.45) is 2.06. The van der Waals surface area contributed by atoms with E-state index in [-0.39, 0.29) is 6.10 Å². The molecule has 1 aliphatic heterocycles. The van der Waals surface area contributed by atoms with Gasteiger partial charge in [0.05, 0.1) is 13.2 Å². The zero-order valence-corrected chi connectivity index (χ0v) is 16.2. The van der Waals surface area contributed by atoms with Gasteiger partial charge in [-0.2, -0.15) is 0 Å². The summed E-state index contributed by atoms with van der Waals surface area (Å²) in [6.45, 7) is 5.03. The second-order valence-corrected chi connectivity index (χ2v) is 6.80. The smallest absolute Gasteiger partial charge is 0.191 e. The van der Waals surface area contributed by atoms with Crippen molar-refractivity contribution in [2.24, 2.45) is 4.99 Å². The highest BCUT2D eigenvalue weighted by Crippen LogP contribution is 2.23. The van der Waals surface area contributed by atoms with Crippen molar-refractivity contribution < 1.29 is 9.47 Å². The van der Waals surface area contributed by atoms with Gasteiger partial charge in [-0.15, -0.1) is 0 Å². The molecule has 0 saturated carbocycles. The first-order valence-electron chi connectivity index (χ1n) is 9.57. The van der Waals surface area contributed by atoms with E-state index in [9.17, 15) is 0 Å². The Balaban J connectivity index is 1.52. The van der Waals surface area contributed by atoms with Gasteiger partial charge in [0, 0.05) is 32.1 Å². The van der Waals surface area contributed by atoms with Gasteiger partial charge >= 0.3 is 0 Å². The molecule has 5 nitrogen and oxygen atoms in total. The molecule has 2 aromatic rings. The van der Waals surface area contributed by atoms with Gasteiger partial charge in [0.15, 0.2) is 5.96 Å². The van der Waals surface area contributed by atoms with Gasteiger partial charge < -0.3 is 20.1 Å². The van der Waals surface area contributed by atoms with Crippen LogP contribution in [0.25, 0.3) is 0 Å². The lowest BCUT2D eigenvalue weighted by Crippen LogP contribution is -2.38. The third-order valence-corrected chi connectivity index (χ3v) is 4.62. The normalized spacial score (nSPS) is 17.0. The summed E-state index contributed by atoms with van der Waals surface area (Å²) in [5.41, 5.74) is 3.63. The maximum atomic E-state index is 6.17. The highest BCUT2D eigenvalue weighted by molar-refractivity contribution is 5.79. The lowest BCUT2D eigenvalue weighted by atomic mass is 10.1. The van der Waals surface area contributed by atoms with Crippen LogP contribution in [0.3, 0.4) is 0 Å². The van der Waals surface area contributed by atoms with E-state index in [0.717, 1.165) is 43.3 Å². The van der Waals surface area contributed by atoms with Crippen molar-refractivity contribution in [2.45, 2.75) is 32.4 Å². The second kappa shape index (κ2) is 9.97. The number of aliphatic imine (C=N–C) groups is 1. The van der Waals surface area contributed by atoms with Crippen molar-refractivity contribution in [1.82, 2.24) is 10.6 Å². The Labute approximate surface area is 161 Å². The highest BCUT2D eigenvalue weighted by Gasteiger charge is 2.18. The molecule has 27 heavy (non-hydrogen) atoms. The molecule has 5 heteroatoms. The van der Waals surface area contributed by atoms with Crippen LogP contribution in [-0.2, 0) is 17.7 Å². The summed E-state index contributed by atoms with van der Waals surface area (Å²) >= 11 is 0. The quantitative estimate of drug-likeness (QED) is 0.583. The fourth-order valence-electron chi connectivity index (χ4n) is 3.07. The molecule has 1 fully saturated rings. The lowest BCUT2D eigenvalue weighted by Gasteiger charge is -2.18. The molecule has 0 aliphatic carbocycles. The van der Waals surface area contributed by atoms with Crippen molar-refractivity contribution in [3.63, 3.8) is 0 Å². The standard InChI is InChI=1S/C22H29N3O2/c1-17-8-9-19(21(14-17)27-20-11-13-26-16-20)15-25-22(23-2)24-12-10-18-6-4-3-5-7-18/h3-9,14,20H,10-13,15-16H2,1-2H3,(H2,23,24,25). The van der Waals surface area contributed by atoms with Crippen LogP contribution in [-0.4, -0.2) is 38.9 Å². The SMILES string of the molecule is CN=C(NCCc1ccccc1)NCc1ccc(C)cc1OC1CCOC1. The van der Waals surface area contributed by atoms with E-state index in [1.807, 2.05) is 6.07 Å². The fraction of sp³-hybridized carbons (Fsp3) is 0.409.